The average Bonchev–Trinajstić information content (AvgIpc) is 2.80. The highest BCUT2D eigenvalue weighted by atomic mass is 16.3. The summed E-state index contributed by atoms with van der Waals surface area (Å²) < 4.78 is 0. The summed E-state index contributed by atoms with van der Waals surface area (Å²) >= 11 is 0. The van der Waals surface area contributed by atoms with Gasteiger partial charge in [-0.2, -0.15) is 0 Å². The van der Waals surface area contributed by atoms with Crippen LogP contribution in [0.25, 0.3) is 0 Å². The first-order valence-corrected chi connectivity index (χ1v) is 4.38. The normalized spacial score (nSPS) is 17.7. The van der Waals surface area contributed by atoms with Crippen LogP contribution in [0.4, 0.5) is 0 Å². The Hall–Kier alpha value is -0.120. The van der Waals surface area contributed by atoms with Gasteiger partial charge in [-0.15, -0.1) is 0 Å². The molecule has 0 aliphatic heterocycles. The third-order valence-electron chi connectivity index (χ3n) is 2.10. The minimum Gasteiger partial charge on any atom is -0.395 e. The average molecular weight is 158 g/mol. The zero-order valence-corrected chi connectivity index (χ0v) is 7.21. The van der Waals surface area contributed by atoms with Crippen LogP contribution in [-0.4, -0.2) is 49.3 Å². The van der Waals surface area contributed by atoms with Crippen LogP contribution in [0.1, 0.15) is 12.8 Å². The Kier molecular flexibility index (Phi) is 3.83. The van der Waals surface area contributed by atoms with E-state index >= 15 is 0 Å². The van der Waals surface area contributed by atoms with Crippen molar-refractivity contribution in [3.05, 3.63) is 0 Å². The Morgan fingerprint density at radius 1 is 1.45 bits per heavy atom. The van der Waals surface area contributed by atoms with Crippen molar-refractivity contribution in [1.29, 1.82) is 0 Å². The lowest BCUT2D eigenvalue weighted by molar-refractivity contribution is 0.190. The summed E-state index contributed by atoms with van der Waals surface area (Å²) in [7, 11) is 1.96. The molecule has 1 saturated carbocycles. The van der Waals surface area contributed by atoms with Gasteiger partial charge in [-0.25, -0.2) is 0 Å². The SMILES string of the molecule is CNCCN(CCO)C1CC1. The Morgan fingerprint density at radius 3 is 2.64 bits per heavy atom. The molecule has 0 unspecified atom stereocenters. The molecule has 0 saturated heterocycles. The molecule has 2 N–H and O–H groups in total. The van der Waals surface area contributed by atoms with Gasteiger partial charge in [0.1, 0.15) is 0 Å². The van der Waals surface area contributed by atoms with Crippen LogP contribution in [0.3, 0.4) is 0 Å². The number of aliphatic hydroxyl groups is 1. The van der Waals surface area contributed by atoms with Crippen LogP contribution in [0, 0.1) is 0 Å². The molecule has 3 heteroatoms. The summed E-state index contributed by atoms with van der Waals surface area (Å²) in [5.41, 5.74) is 0. The van der Waals surface area contributed by atoms with Crippen molar-refractivity contribution in [2.75, 3.05) is 33.3 Å². The molecule has 0 heterocycles. The second-order valence-corrected chi connectivity index (χ2v) is 3.09. The molecule has 0 radical (unpaired) electrons. The van der Waals surface area contributed by atoms with E-state index < -0.39 is 0 Å². The molecule has 0 amide bonds. The van der Waals surface area contributed by atoms with E-state index in [9.17, 15) is 0 Å². The number of aliphatic hydroxyl groups excluding tert-OH is 1. The van der Waals surface area contributed by atoms with Crippen molar-refractivity contribution < 1.29 is 5.11 Å². The van der Waals surface area contributed by atoms with Crippen LogP contribution >= 0.6 is 0 Å². The quantitative estimate of drug-likeness (QED) is 0.555. The summed E-state index contributed by atoms with van der Waals surface area (Å²) in [6.45, 7) is 3.23. The van der Waals surface area contributed by atoms with Gasteiger partial charge in [-0.3, -0.25) is 4.90 Å². The van der Waals surface area contributed by atoms with E-state index in [4.69, 9.17) is 5.11 Å². The van der Waals surface area contributed by atoms with Gasteiger partial charge in [0.25, 0.3) is 0 Å². The summed E-state index contributed by atoms with van der Waals surface area (Å²) in [5, 5.41) is 11.9. The Balaban J connectivity index is 2.10. The van der Waals surface area contributed by atoms with Gasteiger partial charge in [-0.05, 0) is 19.9 Å². The highest BCUT2D eigenvalue weighted by Crippen LogP contribution is 2.25. The van der Waals surface area contributed by atoms with Crippen molar-refractivity contribution in [3.8, 4) is 0 Å². The molecule has 1 fully saturated rings. The van der Waals surface area contributed by atoms with Crippen LogP contribution in [0.2, 0.25) is 0 Å². The van der Waals surface area contributed by atoms with E-state index in [-0.39, 0.29) is 0 Å². The third kappa shape index (κ3) is 3.18. The lowest BCUT2D eigenvalue weighted by Gasteiger charge is -2.19. The number of rotatable bonds is 6. The fourth-order valence-corrected chi connectivity index (χ4v) is 1.30. The van der Waals surface area contributed by atoms with Gasteiger partial charge >= 0.3 is 0 Å². The van der Waals surface area contributed by atoms with Crippen LogP contribution in [0.5, 0.6) is 0 Å². The monoisotopic (exact) mass is 158 g/mol. The van der Waals surface area contributed by atoms with Gasteiger partial charge < -0.3 is 10.4 Å². The highest BCUT2D eigenvalue weighted by Gasteiger charge is 2.27. The zero-order chi connectivity index (χ0) is 8.10. The van der Waals surface area contributed by atoms with Gasteiger partial charge in [0, 0.05) is 25.7 Å². The predicted octanol–water partition coefficient (Wildman–Crippen LogP) is -0.337. The molecule has 1 aliphatic rings. The Bertz CT molecular complexity index is 104. The van der Waals surface area contributed by atoms with E-state index in [1.54, 1.807) is 0 Å². The van der Waals surface area contributed by atoms with Crippen molar-refractivity contribution in [2.45, 2.75) is 18.9 Å². The first-order valence-electron chi connectivity index (χ1n) is 4.38. The lowest BCUT2D eigenvalue weighted by atomic mass is 10.4. The van der Waals surface area contributed by atoms with Gasteiger partial charge in [-0.1, -0.05) is 0 Å². The molecular weight excluding hydrogens is 140 g/mol. The standard InChI is InChI=1S/C8H18N2O/c1-9-4-5-10(6-7-11)8-2-3-8/h8-9,11H,2-7H2,1H3. The molecule has 11 heavy (non-hydrogen) atoms. The minimum absolute atomic E-state index is 0.292. The van der Waals surface area contributed by atoms with E-state index in [1.807, 2.05) is 7.05 Å². The van der Waals surface area contributed by atoms with Crippen LogP contribution < -0.4 is 5.32 Å². The number of nitrogens with one attached hydrogen (secondary N) is 1. The molecule has 0 spiro atoms. The van der Waals surface area contributed by atoms with E-state index in [0.717, 1.165) is 25.7 Å². The largest absolute Gasteiger partial charge is 0.395 e. The maximum absolute atomic E-state index is 8.75. The molecule has 3 nitrogen and oxygen atoms in total. The number of hydrogen-bond donors (Lipinski definition) is 2. The molecule has 66 valence electrons. The number of likely N-dealkylation sites (N-methyl/N-ethyl adjacent to an activating group) is 1. The lowest BCUT2D eigenvalue weighted by Crippen LogP contribution is -2.34. The summed E-state index contributed by atoms with van der Waals surface area (Å²) in [4.78, 5) is 2.36. The maximum atomic E-state index is 8.75. The van der Waals surface area contributed by atoms with E-state index in [1.165, 1.54) is 12.8 Å². The minimum atomic E-state index is 0.292. The maximum Gasteiger partial charge on any atom is 0.0558 e. The first kappa shape index (κ1) is 8.97. The number of hydrogen-bond acceptors (Lipinski definition) is 3. The summed E-state index contributed by atoms with van der Waals surface area (Å²) in [6.07, 6.45) is 2.65. The first-order chi connectivity index (χ1) is 5.38. The second kappa shape index (κ2) is 4.70. The molecule has 1 aliphatic carbocycles. The fraction of sp³-hybridized carbons (Fsp3) is 1.00. The van der Waals surface area contributed by atoms with Crippen LogP contribution in [0.15, 0.2) is 0 Å². The van der Waals surface area contributed by atoms with Crippen molar-refractivity contribution in [1.82, 2.24) is 10.2 Å². The molecule has 0 aromatic carbocycles. The number of nitrogens with zero attached hydrogens (tertiary/aromatic N) is 1. The van der Waals surface area contributed by atoms with Gasteiger partial charge in [0.15, 0.2) is 0 Å². The highest BCUT2D eigenvalue weighted by molar-refractivity contribution is 4.84. The van der Waals surface area contributed by atoms with Gasteiger partial charge in [0.05, 0.1) is 6.61 Å². The fourth-order valence-electron chi connectivity index (χ4n) is 1.30. The molecule has 0 aromatic rings. The zero-order valence-electron chi connectivity index (χ0n) is 7.21. The Morgan fingerprint density at radius 2 is 2.18 bits per heavy atom. The molecule has 1 rings (SSSR count). The second-order valence-electron chi connectivity index (χ2n) is 3.09. The van der Waals surface area contributed by atoms with Crippen molar-refractivity contribution >= 4 is 0 Å². The summed E-state index contributed by atoms with van der Waals surface area (Å²) in [6, 6.07) is 0.774. The topological polar surface area (TPSA) is 35.5 Å². The van der Waals surface area contributed by atoms with Gasteiger partial charge in [0.2, 0.25) is 0 Å². The molecule has 0 bridgehead atoms. The molecular formula is C8H18N2O. The summed E-state index contributed by atoms with van der Waals surface area (Å²) in [5.74, 6) is 0. The Labute approximate surface area is 68.4 Å². The smallest absolute Gasteiger partial charge is 0.0558 e. The van der Waals surface area contributed by atoms with E-state index in [0.29, 0.717) is 6.61 Å². The van der Waals surface area contributed by atoms with Crippen molar-refractivity contribution in [2.24, 2.45) is 0 Å². The molecule has 0 aromatic heterocycles. The molecule has 0 atom stereocenters. The van der Waals surface area contributed by atoms with Crippen molar-refractivity contribution in [3.63, 3.8) is 0 Å². The van der Waals surface area contributed by atoms with E-state index in [2.05, 4.69) is 10.2 Å². The predicted molar refractivity (Wildman–Crippen MR) is 45.6 cm³/mol. The third-order valence-corrected chi connectivity index (χ3v) is 2.10. The van der Waals surface area contributed by atoms with Crippen LogP contribution in [-0.2, 0) is 0 Å².